The van der Waals surface area contributed by atoms with Crippen molar-refractivity contribution >= 4 is 56.6 Å². The first-order chi connectivity index (χ1) is 18.4. The Kier molecular flexibility index (Phi) is 12.8. The second-order valence-electron chi connectivity index (χ2n) is 9.75. The third-order valence-electron chi connectivity index (χ3n) is 7.26. The second kappa shape index (κ2) is 14.5. The quantitative estimate of drug-likeness (QED) is 0.127. The summed E-state index contributed by atoms with van der Waals surface area (Å²) in [6.07, 6.45) is 1.37. The second-order valence-corrected chi connectivity index (χ2v) is 19.0. The zero-order valence-electron chi connectivity index (χ0n) is 23.4. The van der Waals surface area contributed by atoms with Crippen molar-refractivity contribution < 1.29 is 129 Å². The molecule has 0 aromatic heterocycles. The number of hydrogen-bond acceptors (Lipinski definition) is 6. The average Bonchev–Trinajstić information content (AvgIpc) is 2.88. The van der Waals surface area contributed by atoms with Gasteiger partial charge in [-0.25, -0.2) is 16.8 Å². The van der Waals surface area contributed by atoms with Crippen molar-refractivity contribution in [1.82, 2.24) is 0 Å². The molecule has 1 aliphatic heterocycles. The van der Waals surface area contributed by atoms with Crippen LogP contribution in [0.3, 0.4) is 0 Å². The molecule has 0 aliphatic carbocycles. The van der Waals surface area contributed by atoms with E-state index >= 15 is 0 Å². The molecule has 41 heavy (non-hydrogen) atoms. The van der Waals surface area contributed by atoms with Gasteiger partial charge < -0.3 is 9.11 Å². The van der Waals surface area contributed by atoms with Crippen LogP contribution < -0.4 is 124 Å². The minimum absolute atomic E-state index is 0. The van der Waals surface area contributed by atoms with Gasteiger partial charge in [0.1, 0.15) is 30.9 Å². The predicted molar refractivity (Wildman–Crippen MR) is 157 cm³/mol. The molecule has 1 saturated heterocycles. The third-order valence-corrected chi connectivity index (χ3v) is 18.5. The van der Waals surface area contributed by atoms with E-state index in [-0.39, 0.29) is 118 Å². The Morgan fingerprint density at radius 2 is 1.22 bits per heavy atom. The Labute approximate surface area is 329 Å². The van der Waals surface area contributed by atoms with Crippen molar-refractivity contribution in [3.8, 4) is 0 Å². The number of rotatable bonds is 7. The molecule has 0 amide bonds. The smallest absolute Gasteiger partial charge is 0.744 e. The first kappa shape index (κ1) is 36.3. The molecule has 3 unspecified atom stereocenters. The van der Waals surface area contributed by atoms with E-state index in [4.69, 9.17) is 0 Å². The normalized spacial score (nSPS) is 19.3. The van der Waals surface area contributed by atoms with E-state index in [0.29, 0.717) is 34.3 Å². The fourth-order valence-electron chi connectivity index (χ4n) is 5.48. The van der Waals surface area contributed by atoms with Gasteiger partial charge in [-0.3, -0.25) is 0 Å². The molecule has 0 bridgehead atoms. The first-order valence-corrected chi connectivity index (χ1v) is 18.6. The maximum absolute atomic E-state index is 12.6. The predicted octanol–water partition coefficient (Wildman–Crippen LogP) is -2.05. The van der Waals surface area contributed by atoms with Gasteiger partial charge in [-0.05, 0) is 60.6 Å². The van der Waals surface area contributed by atoms with Gasteiger partial charge in [0.2, 0.25) is 0 Å². The molecule has 0 N–H and O–H groups in total. The molecule has 202 valence electrons. The summed E-state index contributed by atoms with van der Waals surface area (Å²) in [4.78, 5) is -0.455. The Balaban J connectivity index is 0.00000231. The Hall–Kier alpha value is 0.833. The van der Waals surface area contributed by atoms with Gasteiger partial charge in [-0.1, -0.05) is 66.7 Å². The molecule has 1 aliphatic rings. The number of benzene rings is 4. The zero-order valence-corrected chi connectivity index (χ0v) is 33.1. The minimum Gasteiger partial charge on any atom is -0.744 e. The van der Waals surface area contributed by atoms with Crippen molar-refractivity contribution in [2.75, 3.05) is 6.16 Å². The van der Waals surface area contributed by atoms with Gasteiger partial charge >= 0.3 is 103 Å². The summed E-state index contributed by atoms with van der Waals surface area (Å²) in [5.41, 5.74) is 1.33. The summed E-state index contributed by atoms with van der Waals surface area (Å²) in [6, 6.07) is 29.1. The van der Waals surface area contributed by atoms with E-state index in [2.05, 4.69) is 0 Å². The zero-order chi connectivity index (χ0) is 28.0. The molecule has 0 spiro atoms. The molecule has 4 aromatic rings. The molecule has 0 radical (unpaired) electrons. The fraction of sp³-hybridized carbons (Fsp3) is 0.172. The summed E-state index contributed by atoms with van der Waals surface area (Å²) in [7, 11) is -13.6. The van der Waals surface area contributed by atoms with E-state index in [1.54, 1.807) is 26.0 Å². The molecule has 4 aromatic carbocycles. The Morgan fingerprint density at radius 3 is 1.73 bits per heavy atom. The summed E-state index contributed by atoms with van der Waals surface area (Å²) in [5.74, 6) is 0. The summed E-state index contributed by atoms with van der Waals surface area (Å²) in [6.45, 7) is 3.49. The van der Waals surface area contributed by atoms with Crippen LogP contribution in [0.25, 0.3) is 0 Å². The average molecular weight is 676 g/mol. The van der Waals surface area contributed by atoms with Crippen molar-refractivity contribution in [3.05, 3.63) is 108 Å². The molecule has 0 saturated carbocycles. The van der Waals surface area contributed by atoms with E-state index < -0.39 is 35.4 Å². The van der Waals surface area contributed by atoms with Crippen LogP contribution >= 0.6 is 15.2 Å². The largest absolute Gasteiger partial charge is 1.00 e. The molecular weight excluding hydrogens is 649 g/mol. The van der Waals surface area contributed by atoms with Crippen LogP contribution in [0.4, 0.5) is 0 Å². The summed E-state index contributed by atoms with van der Waals surface area (Å²) < 4.78 is 75.4. The van der Waals surface area contributed by atoms with Crippen molar-refractivity contribution in [2.24, 2.45) is 0 Å². The van der Waals surface area contributed by atoms with Crippen LogP contribution in [0.1, 0.15) is 17.5 Å². The monoisotopic (exact) mass is 675 g/mol. The Bertz CT molecular complexity index is 1760. The first-order valence-electron chi connectivity index (χ1n) is 12.3. The van der Waals surface area contributed by atoms with Gasteiger partial charge in [0, 0.05) is 19.6 Å². The van der Waals surface area contributed by atoms with Crippen molar-refractivity contribution in [1.29, 1.82) is 0 Å². The van der Waals surface area contributed by atoms with Gasteiger partial charge in [0.05, 0.1) is 28.5 Å². The molecule has 12 heteroatoms. The summed E-state index contributed by atoms with van der Waals surface area (Å²) >= 11 is 0. The molecule has 3 atom stereocenters. The van der Waals surface area contributed by atoms with Crippen LogP contribution in [0.5, 0.6) is 0 Å². The van der Waals surface area contributed by atoms with Crippen molar-refractivity contribution in [3.63, 3.8) is 0 Å². The number of hydrogen-bond donors (Lipinski definition) is 0. The van der Waals surface area contributed by atoms with Crippen LogP contribution in [0.15, 0.2) is 107 Å². The summed E-state index contributed by atoms with van der Waals surface area (Å²) in [5, 5.41) is 2.65. The van der Waals surface area contributed by atoms with Gasteiger partial charge in [-0.15, -0.1) is 0 Å². The Morgan fingerprint density at radius 1 is 0.707 bits per heavy atom. The van der Waals surface area contributed by atoms with Crippen LogP contribution in [-0.2, 0) is 20.2 Å². The number of aryl methyl sites for hydroxylation is 2. The van der Waals surface area contributed by atoms with Gasteiger partial charge in [0.25, 0.3) is 0 Å². The van der Waals surface area contributed by atoms with Crippen LogP contribution in [0, 0.1) is 13.8 Å². The topological polar surface area (TPSA) is 114 Å². The van der Waals surface area contributed by atoms with Gasteiger partial charge in [-0.2, -0.15) is 0 Å². The standard InChI is InChI=1S/C29H28O6P2S2.2K/c1-21-13-15-25(27(19-21)38(30,31)32)36(23-9-5-3-6-10-23)29-17-18-37(29,24-11-7-4-8-12-24)26-16-14-22(2)20-28(26)39(33,34)35;;/h3-16,19-20,29H,17-18H2,1-2H3,(H-,30,31,32,33,34,35);;/q;2*+1/p-1. The maximum atomic E-state index is 12.6. The van der Waals surface area contributed by atoms with E-state index in [1.165, 1.54) is 12.1 Å². The van der Waals surface area contributed by atoms with Crippen LogP contribution in [0.2, 0.25) is 0 Å². The van der Waals surface area contributed by atoms with E-state index in [9.17, 15) is 25.9 Å². The van der Waals surface area contributed by atoms with Crippen LogP contribution in [-0.4, -0.2) is 37.5 Å². The minimum atomic E-state index is -4.80. The molecule has 1 heterocycles. The molecule has 6 nitrogen and oxygen atoms in total. The van der Waals surface area contributed by atoms with E-state index in [0.717, 1.165) is 10.6 Å². The maximum Gasteiger partial charge on any atom is 1.00 e. The van der Waals surface area contributed by atoms with Crippen molar-refractivity contribution in [2.45, 2.75) is 35.5 Å². The molecule has 5 rings (SSSR count). The SMILES string of the molecule is Cc1ccc(P(c2ccccc2)C2CC[P+]2(c2ccccc2)c2ccc(C)cc2S(=O)(=O)[O-])c(S(=O)(=O)[O-])c1.[K+].[K+]. The molecule has 1 fully saturated rings. The molecular formula is C29H27K2O6P2S2+. The third kappa shape index (κ3) is 7.46. The fourth-order valence-corrected chi connectivity index (χ4v) is 18.2. The van der Waals surface area contributed by atoms with E-state index in [1.807, 2.05) is 72.8 Å². The van der Waals surface area contributed by atoms with Gasteiger partial charge in [0.15, 0.2) is 0 Å².